The molecule has 4 heterocycles. The zero-order valence-electron chi connectivity index (χ0n) is 23.5. The fraction of sp³-hybridized carbons (Fsp3) is 0.438. The second-order valence-electron chi connectivity index (χ2n) is 11.5. The Labute approximate surface area is 242 Å². The van der Waals surface area contributed by atoms with E-state index < -0.39 is 11.6 Å². The predicted molar refractivity (Wildman–Crippen MR) is 151 cm³/mol. The summed E-state index contributed by atoms with van der Waals surface area (Å²) in [5.74, 6) is -0.531. The molecule has 3 aliphatic rings. The third-order valence-electron chi connectivity index (χ3n) is 8.89. The summed E-state index contributed by atoms with van der Waals surface area (Å²) < 4.78 is 37.2. The van der Waals surface area contributed by atoms with Crippen molar-refractivity contribution in [2.24, 2.45) is 0 Å². The molecule has 2 aromatic carbocycles. The van der Waals surface area contributed by atoms with Gasteiger partial charge in [-0.25, -0.2) is 8.91 Å². The van der Waals surface area contributed by atoms with Gasteiger partial charge in [0.15, 0.2) is 5.79 Å². The molecule has 4 aromatic rings. The van der Waals surface area contributed by atoms with Gasteiger partial charge in [0.25, 0.3) is 5.56 Å². The number of nitrogens with zero attached hydrogens (tertiary/aromatic N) is 5. The summed E-state index contributed by atoms with van der Waals surface area (Å²) in [6.07, 6.45) is 5.68. The van der Waals surface area contributed by atoms with Crippen molar-refractivity contribution < 1.29 is 18.6 Å². The maximum absolute atomic E-state index is 15.6. The first kappa shape index (κ1) is 27.0. The topological polar surface area (TPSA) is 104 Å². The number of hydrogen-bond donors (Lipinski definition) is 0. The van der Waals surface area contributed by atoms with E-state index in [-0.39, 0.29) is 30.2 Å². The summed E-state index contributed by atoms with van der Waals surface area (Å²) in [7, 11) is 0. The Hall–Kier alpha value is -3.91. The Morgan fingerprint density at radius 3 is 2.60 bits per heavy atom. The second-order valence-corrected chi connectivity index (χ2v) is 11.5. The Morgan fingerprint density at radius 2 is 1.88 bits per heavy atom. The van der Waals surface area contributed by atoms with Gasteiger partial charge >= 0.3 is 0 Å². The first-order valence-corrected chi connectivity index (χ1v) is 14.7. The molecule has 0 bridgehead atoms. The van der Waals surface area contributed by atoms with E-state index in [4.69, 9.17) is 14.2 Å². The quantitative estimate of drug-likeness (QED) is 0.331. The van der Waals surface area contributed by atoms with Gasteiger partial charge < -0.3 is 14.2 Å². The molecule has 2 atom stereocenters. The molecule has 7 rings (SSSR count). The van der Waals surface area contributed by atoms with Crippen LogP contribution in [0.15, 0.2) is 53.6 Å². The van der Waals surface area contributed by atoms with Crippen LogP contribution >= 0.6 is 0 Å². The first-order valence-electron chi connectivity index (χ1n) is 14.7. The highest BCUT2D eigenvalue weighted by Gasteiger charge is 2.51. The van der Waals surface area contributed by atoms with E-state index in [1.165, 1.54) is 12.4 Å². The van der Waals surface area contributed by atoms with Gasteiger partial charge in [0, 0.05) is 30.9 Å². The van der Waals surface area contributed by atoms with Crippen molar-refractivity contribution in [2.75, 3.05) is 13.2 Å². The molecular formula is C32H32FN5O4. The summed E-state index contributed by atoms with van der Waals surface area (Å²) in [5.41, 5.74) is 3.31. The Kier molecular flexibility index (Phi) is 6.89. The average molecular weight is 570 g/mol. The van der Waals surface area contributed by atoms with E-state index in [0.717, 1.165) is 12.1 Å². The predicted octanol–water partition coefficient (Wildman–Crippen LogP) is 4.74. The zero-order valence-corrected chi connectivity index (χ0v) is 23.5. The minimum atomic E-state index is -0.622. The molecule has 2 aliphatic heterocycles. The fourth-order valence-electron chi connectivity index (χ4n) is 6.81. The van der Waals surface area contributed by atoms with Gasteiger partial charge in [0.2, 0.25) is 5.78 Å². The molecule has 0 amide bonds. The number of rotatable bonds is 6. The van der Waals surface area contributed by atoms with Crippen LogP contribution in [-0.2, 0) is 27.1 Å². The van der Waals surface area contributed by atoms with Gasteiger partial charge in [-0.2, -0.15) is 15.3 Å². The maximum Gasteiger partial charge on any atom is 0.259 e. The van der Waals surface area contributed by atoms with E-state index >= 15 is 4.39 Å². The molecule has 42 heavy (non-hydrogen) atoms. The number of fused-ring (bicyclic) bond motifs is 2. The van der Waals surface area contributed by atoms with Crippen LogP contribution in [0.1, 0.15) is 67.5 Å². The Bertz CT molecular complexity index is 1740. The lowest BCUT2D eigenvalue weighted by atomic mass is 9.89. The van der Waals surface area contributed by atoms with Crippen LogP contribution in [0.4, 0.5) is 4.39 Å². The number of aryl methyl sites for hydroxylation is 1. The van der Waals surface area contributed by atoms with Gasteiger partial charge in [-0.05, 0) is 48.1 Å². The molecule has 1 saturated carbocycles. The largest absolute Gasteiger partial charge is 0.376 e. The lowest BCUT2D eigenvalue weighted by Gasteiger charge is -2.37. The van der Waals surface area contributed by atoms with E-state index in [0.29, 0.717) is 78.9 Å². The zero-order chi connectivity index (χ0) is 28.8. The van der Waals surface area contributed by atoms with Crippen molar-refractivity contribution in [2.45, 2.75) is 75.9 Å². The number of nitriles is 1. The molecule has 2 saturated heterocycles. The van der Waals surface area contributed by atoms with Crippen molar-refractivity contribution in [1.29, 1.82) is 5.26 Å². The van der Waals surface area contributed by atoms with Crippen molar-refractivity contribution in [1.82, 2.24) is 19.2 Å². The minimum absolute atomic E-state index is 0.0259. The fourth-order valence-corrected chi connectivity index (χ4v) is 6.81. The highest BCUT2D eigenvalue weighted by Crippen LogP contribution is 2.45. The van der Waals surface area contributed by atoms with Crippen LogP contribution in [0.5, 0.6) is 0 Å². The monoisotopic (exact) mass is 569 g/mol. The van der Waals surface area contributed by atoms with Crippen LogP contribution in [-0.4, -0.2) is 50.4 Å². The van der Waals surface area contributed by atoms with Crippen LogP contribution in [0.3, 0.4) is 0 Å². The number of benzene rings is 2. The van der Waals surface area contributed by atoms with Crippen molar-refractivity contribution in [3.05, 3.63) is 87.3 Å². The van der Waals surface area contributed by atoms with Gasteiger partial charge in [0.1, 0.15) is 24.4 Å². The Balaban J connectivity index is 1.23. The molecule has 1 aliphatic carbocycles. The maximum atomic E-state index is 15.6. The number of aromatic nitrogens is 4. The van der Waals surface area contributed by atoms with Gasteiger partial charge in [0.05, 0.1) is 30.5 Å². The van der Waals surface area contributed by atoms with Crippen molar-refractivity contribution in [3.63, 3.8) is 0 Å². The van der Waals surface area contributed by atoms with Crippen LogP contribution < -0.4 is 5.56 Å². The molecule has 3 fully saturated rings. The Morgan fingerprint density at radius 1 is 1.12 bits per heavy atom. The molecule has 0 N–H and O–H groups in total. The standard InChI is InChI=1S/C32H32FN5O4/c1-2-5-27-25(14-21-9-8-20(15-26(21)33)24-7-4-3-6-22(24)16-34)30(39)37(31-35-19-36-38(27)31)23-10-12-32(13-11-23)41-28-17-40-18-29(28)42-32/h3-4,6-9,15,19,23,28-29H,2,5,10-14,17-18H2,1H3. The van der Waals surface area contributed by atoms with Crippen molar-refractivity contribution in [3.8, 4) is 17.2 Å². The molecule has 2 unspecified atom stereocenters. The smallest absolute Gasteiger partial charge is 0.259 e. The molecule has 2 aromatic heterocycles. The van der Waals surface area contributed by atoms with Gasteiger partial charge in [-0.15, -0.1) is 0 Å². The minimum Gasteiger partial charge on any atom is -0.376 e. The summed E-state index contributed by atoms with van der Waals surface area (Å²) in [4.78, 5) is 18.8. The van der Waals surface area contributed by atoms with Crippen molar-refractivity contribution >= 4 is 5.78 Å². The van der Waals surface area contributed by atoms with Gasteiger partial charge in [-0.3, -0.25) is 9.36 Å². The van der Waals surface area contributed by atoms with Crippen LogP contribution in [0.25, 0.3) is 16.9 Å². The van der Waals surface area contributed by atoms with E-state index in [2.05, 4.69) is 16.2 Å². The number of hydrogen-bond acceptors (Lipinski definition) is 7. The lowest BCUT2D eigenvalue weighted by molar-refractivity contribution is -0.211. The molecule has 1 spiro atoms. The number of ether oxygens (including phenoxy) is 3. The molecule has 10 heteroatoms. The summed E-state index contributed by atoms with van der Waals surface area (Å²) in [6.45, 7) is 3.16. The van der Waals surface area contributed by atoms with E-state index in [1.54, 1.807) is 33.3 Å². The van der Waals surface area contributed by atoms with Crippen LogP contribution in [0.2, 0.25) is 0 Å². The van der Waals surface area contributed by atoms with Crippen LogP contribution in [0, 0.1) is 17.1 Å². The molecule has 216 valence electrons. The summed E-state index contributed by atoms with van der Waals surface area (Å²) in [5, 5.41) is 14.0. The number of halogens is 1. The third kappa shape index (κ3) is 4.53. The highest BCUT2D eigenvalue weighted by molar-refractivity contribution is 5.70. The molecular weight excluding hydrogens is 537 g/mol. The summed E-state index contributed by atoms with van der Waals surface area (Å²) in [6, 6.07) is 14.2. The molecule has 0 radical (unpaired) electrons. The normalized spacial score (nSPS) is 25.2. The second kappa shape index (κ2) is 10.7. The highest BCUT2D eigenvalue weighted by atomic mass is 19.1. The first-order chi connectivity index (χ1) is 20.5. The molecule has 9 nitrogen and oxygen atoms in total. The SMILES string of the molecule is CCCc1c(Cc2ccc(-c3ccccc3C#N)cc2F)c(=O)n(C2CCC3(CC2)OC2COCC2O3)c2ncnn12. The van der Waals surface area contributed by atoms with Gasteiger partial charge in [-0.1, -0.05) is 43.7 Å². The van der Waals surface area contributed by atoms with E-state index in [1.807, 2.05) is 19.1 Å². The van der Waals surface area contributed by atoms with E-state index in [9.17, 15) is 10.1 Å². The lowest BCUT2D eigenvalue weighted by Crippen LogP contribution is -2.40. The summed E-state index contributed by atoms with van der Waals surface area (Å²) >= 11 is 0. The third-order valence-corrected chi connectivity index (χ3v) is 8.89. The average Bonchev–Trinajstić information content (AvgIpc) is 3.73.